The fourth-order valence-electron chi connectivity index (χ4n) is 4.05. The number of benzene rings is 2. The molecule has 1 N–H and O–H groups in total. The third kappa shape index (κ3) is 3.61. The number of amides is 1. The van der Waals surface area contributed by atoms with Crippen molar-refractivity contribution in [1.82, 2.24) is 14.9 Å². The van der Waals surface area contributed by atoms with Crippen LogP contribution in [0.1, 0.15) is 38.5 Å². The zero-order valence-electron chi connectivity index (χ0n) is 17.9. The maximum absolute atomic E-state index is 13.5. The van der Waals surface area contributed by atoms with Gasteiger partial charge in [0.15, 0.2) is 0 Å². The van der Waals surface area contributed by atoms with Crippen LogP contribution >= 0.6 is 23.4 Å². The lowest BCUT2D eigenvalue weighted by Gasteiger charge is -2.13. The van der Waals surface area contributed by atoms with E-state index in [-0.39, 0.29) is 5.91 Å². The van der Waals surface area contributed by atoms with E-state index < -0.39 is 0 Å². The van der Waals surface area contributed by atoms with Crippen LogP contribution < -0.4 is 5.32 Å². The highest BCUT2D eigenvalue weighted by atomic mass is 35.5. The molecule has 162 valence electrons. The molecule has 0 unspecified atom stereocenters. The number of anilines is 1. The van der Waals surface area contributed by atoms with Gasteiger partial charge in [0.1, 0.15) is 22.8 Å². The average molecular weight is 465 g/mol. The van der Waals surface area contributed by atoms with Crippen molar-refractivity contribution >= 4 is 35.1 Å². The molecule has 4 aromatic rings. The molecular weight excluding hydrogens is 444 g/mol. The molecule has 0 spiro atoms. The Bertz CT molecular complexity index is 1340. The number of halogens is 1. The van der Waals surface area contributed by atoms with Crippen LogP contribution in [-0.4, -0.2) is 20.8 Å². The minimum atomic E-state index is -0.302. The average Bonchev–Trinajstić information content (AvgIpc) is 3.43. The van der Waals surface area contributed by atoms with E-state index in [0.717, 1.165) is 39.6 Å². The summed E-state index contributed by atoms with van der Waals surface area (Å²) < 4.78 is 7.22. The van der Waals surface area contributed by atoms with Crippen LogP contribution in [0.2, 0.25) is 5.02 Å². The number of carbonyl (C=O) groups excluding carboxylic acids is 1. The first-order chi connectivity index (χ1) is 15.4. The van der Waals surface area contributed by atoms with Crippen LogP contribution in [0.25, 0.3) is 16.9 Å². The Hall–Kier alpha value is -3.03. The van der Waals surface area contributed by atoms with E-state index in [1.54, 1.807) is 24.8 Å². The lowest BCUT2D eigenvalue weighted by molar-refractivity contribution is 0.102. The van der Waals surface area contributed by atoms with Crippen molar-refractivity contribution in [2.24, 2.45) is 0 Å². The Morgan fingerprint density at radius 1 is 1.12 bits per heavy atom. The summed E-state index contributed by atoms with van der Waals surface area (Å²) in [5.41, 5.74) is 6.69. The van der Waals surface area contributed by atoms with Gasteiger partial charge in [-0.2, -0.15) is 16.9 Å². The number of aryl methyl sites for hydroxylation is 3. The van der Waals surface area contributed by atoms with Gasteiger partial charge in [-0.1, -0.05) is 41.0 Å². The van der Waals surface area contributed by atoms with Crippen molar-refractivity contribution in [3.8, 4) is 16.9 Å². The quantitative estimate of drug-likeness (QED) is 0.394. The number of hydrogen-bond acceptors (Lipinski definition) is 5. The summed E-state index contributed by atoms with van der Waals surface area (Å²) in [5.74, 6) is 2.44. The highest BCUT2D eigenvalue weighted by Crippen LogP contribution is 2.37. The first-order valence-electron chi connectivity index (χ1n) is 10.2. The lowest BCUT2D eigenvalue weighted by Crippen LogP contribution is -2.17. The Morgan fingerprint density at radius 3 is 2.62 bits per heavy atom. The molecule has 1 amide bonds. The van der Waals surface area contributed by atoms with Crippen LogP contribution in [-0.2, 0) is 11.5 Å². The van der Waals surface area contributed by atoms with Gasteiger partial charge in [-0.15, -0.1) is 0 Å². The van der Waals surface area contributed by atoms with Gasteiger partial charge < -0.3 is 9.84 Å². The van der Waals surface area contributed by atoms with E-state index in [9.17, 15) is 4.79 Å². The predicted molar refractivity (Wildman–Crippen MR) is 128 cm³/mol. The van der Waals surface area contributed by atoms with Crippen molar-refractivity contribution in [3.05, 3.63) is 81.2 Å². The molecule has 32 heavy (non-hydrogen) atoms. The normalized spacial score (nSPS) is 12.8. The predicted octanol–water partition coefficient (Wildman–Crippen LogP) is 6.11. The van der Waals surface area contributed by atoms with Crippen LogP contribution in [0.5, 0.6) is 0 Å². The monoisotopic (exact) mass is 464 g/mol. The first-order valence-corrected chi connectivity index (χ1v) is 11.8. The smallest absolute Gasteiger partial charge is 0.262 e. The van der Waals surface area contributed by atoms with Crippen LogP contribution in [0.15, 0.2) is 47.0 Å². The van der Waals surface area contributed by atoms with Crippen LogP contribution in [0.3, 0.4) is 0 Å². The molecule has 3 heterocycles. The van der Waals surface area contributed by atoms with Crippen molar-refractivity contribution in [2.75, 3.05) is 5.32 Å². The number of carbonyl (C=O) groups is 1. The molecule has 2 aromatic carbocycles. The molecule has 0 bridgehead atoms. The molecule has 6 nitrogen and oxygen atoms in total. The van der Waals surface area contributed by atoms with Crippen LogP contribution in [0, 0.1) is 20.8 Å². The molecule has 1 aliphatic rings. The topological polar surface area (TPSA) is 73.0 Å². The fraction of sp³-hybridized carbons (Fsp3) is 0.208. The standard InChI is InChI=1S/C24H21ClN4O2S/c1-13-8-14(2)10-16(9-13)29-23(18-11-32-12-20(18)27-29)26-24(30)21-15(3)31-28-22(21)17-6-4-5-7-19(17)25/h4-10H,11-12H2,1-3H3,(H,26,30). The second kappa shape index (κ2) is 8.15. The van der Waals surface area contributed by atoms with E-state index in [1.807, 2.05) is 22.9 Å². The van der Waals surface area contributed by atoms with Gasteiger partial charge in [-0.25, -0.2) is 4.68 Å². The second-order valence-corrected chi connectivity index (χ2v) is 9.31. The largest absolute Gasteiger partial charge is 0.360 e. The number of hydrogen-bond donors (Lipinski definition) is 1. The molecule has 0 aliphatic carbocycles. The SMILES string of the molecule is Cc1cc(C)cc(-n2nc3c(c2NC(=O)c2c(-c4ccccc4Cl)noc2C)CSC3)c1. The van der Waals surface area contributed by atoms with Gasteiger partial charge >= 0.3 is 0 Å². The minimum absolute atomic E-state index is 0.302. The Morgan fingerprint density at radius 2 is 1.88 bits per heavy atom. The molecule has 0 atom stereocenters. The fourth-order valence-corrected chi connectivity index (χ4v) is 5.31. The first kappa shape index (κ1) is 20.8. The molecule has 0 radical (unpaired) electrons. The van der Waals surface area contributed by atoms with Gasteiger partial charge in [0.2, 0.25) is 0 Å². The van der Waals surface area contributed by atoms with Crippen LogP contribution in [0.4, 0.5) is 5.82 Å². The Labute approximate surface area is 194 Å². The lowest BCUT2D eigenvalue weighted by atomic mass is 10.1. The number of rotatable bonds is 4. The number of nitrogens with zero attached hydrogens (tertiary/aromatic N) is 3. The van der Waals surface area contributed by atoms with Crippen molar-refractivity contribution in [3.63, 3.8) is 0 Å². The summed E-state index contributed by atoms with van der Waals surface area (Å²) in [6.07, 6.45) is 0. The second-order valence-electron chi connectivity index (χ2n) is 7.92. The summed E-state index contributed by atoms with van der Waals surface area (Å²) in [6.45, 7) is 5.83. The maximum atomic E-state index is 13.5. The summed E-state index contributed by atoms with van der Waals surface area (Å²) >= 11 is 8.16. The summed E-state index contributed by atoms with van der Waals surface area (Å²) in [5, 5.41) is 12.6. The number of nitrogens with one attached hydrogen (secondary N) is 1. The zero-order valence-corrected chi connectivity index (χ0v) is 19.5. The van der Waals surface area contributed by atoms with E-state index in [0.29, 0.717) is 33.4 Å². The summed E-state index contributed by atoms with van der Waals surface area (Å²) in [6, 6.07) is 13.5. The molecule has 8 heteroatoms. The third-order valence-corrected chi connectivity index (χ3v) is 6.75. The van der Waals surface area contributed by atoms with Crippen molar-refractivity contribution in [2.45, 2.75) is 32.3 Å². The molecule has 1 aliphatic heterocycles. The maximum Gasteiger partial charge on any atom is 0.262 e. The van der Waals surface area contributed by atoms with Crippen molar-refractivity contribution in [1.29, 1.82) is 0 Å². The van der Waals surface area contributed by atoms with E-state index >= 15 is 0 Å². The Kier molecular flexibility index (Phi) is 5.31. The van der Waals surface area contributed by atoms with Gasteiger partial charge in [-0.3, -0.25) is 4.79 Å². The van der Waals surface area contributed by atoms with E-state index in [2.05, 4.69) is 42.5 Å². The third-order valence-electron chi connectivity index (χ3n) is 5.45. The zero-order chi connectivity index (χ0) is 22.4. The van der Waals surface area contributed by atoms with Gasteiger partial charge in [0, 0.05) is 22.6 Å². The highest BCUT2D eigenvalue weighted by molar-refractivity contribution is 7.98. The van der Waals surface area contributed by atoms with Gasteiger partial charge in [0.05, 0.1) is 16.4 Å². The van der Waals surface area contributed by atoms with Crippen molar-refractivity contribution < 1.29 is 9.32 Å². The Balaban J connectivity index is 1.58. The summed E-state index contributed by atoms with van der Waals surface area (Å²) in [4.78, 5) is 13.5. The summed E-state index contributed by atoms with van der Waals surface area (Å²) in [7, 11) is 0. The highest BCUT2D eigenvalue weighted by Gasteiger charge is 2.28. The molecule has 0 saturated carbocycles. The van der Waals surface area contributed by atoms with E-state index in [4.69, 9.17) is 21.2 Å². The van der Waals surface area contributed by atoms with E-state index in [1.165, 1.54) is 0 Å². The molecular formula is C24H21ClN4O2S. The molecule has 0 saturated heterocycles. The molecule has 5 rings (SSSR count). The molecule has 2 aromatic heterocycles. The van der Waals surface area contributed by atoms with Gasteiger partial charge in [-0.05, 0) is 50.1 Å². The van der Waals surface area contributed by atoms with Gasteiger partial charge in [0.25, 0.3) is 5.91 Å². The number of aromatic nitrogens is 3. The molecule has 0 fully saturated rings. The minimum Gasteiger partial charge on any atom is -0.360 e. The number of thioether (sulfide) groups is 1. The number of fused-ring (bicyclic) bond motifs is 1.